The molecule has 0 spiro atoms. The van der Waals surface area contributed by atoms with Crippen LogP contribution in [-0.4, -0.2) is 21.4 Å². The van der Waals surface area contributed by atoms with Gasteiger partial charge < -0.3 is 4.74 Å². The van der Waals surface area contributed by atoms with Gasteiger partial charge in [-0.15, -0.1) is 0 Å². The van der Waals surface area contributed by atoms with Gasteiger partial charge in [-0.2, -0.15) is 5.10 Å². The number of aromatic nitrogens is 3. The second-order valence-electron chi connectivity index (χ2n) is 6.18. The van der Waals surface area contributed by atoms with Crippen LogP contribution in [0.5, 0.6) is 5.75 Å². The summed E-state index contributed by atoms with van der Waals surface area (Å²) in [6.07, 6.45) is 3.20. The lowest BCUT2D eigenvalue weighted by atomic mass is 10.2. The zero-order chi connectivity index (χ0) is 19.4. The van der Waals surface area contributed by atoms with E-state index in [0.717, 1.165) is 24.8 Å². The highest BCUT2D eigenvalue weighted by Gasteiger charge is 2.18. The number of halogens is 3. The van der Waals surface area contributed by atoms with Crippen molar-refractivity contribution in [1.82, 2.24) is 14.8 Å². The largest absolute Gasteiger partial charge is 0.492 e. The van der Waals surface area contributed by atoms with Crippen molar-refractivity contribution < 1.29 is 9.13 Å². The molecule has 0 amide bonds. The highest BCUT2D eigenvalue weighted by Crippen LogP contribution is 2.33. The standard InChI is InChI=1S/C20H20Cl2FN3O/c1-3-4-5-11-27-17-12-13(9-10-14(17)21)20-24-19(25-26(20)2)18-15(22)7-6-8-16(18)23/h6-10,12H,3-5,11H2,1-2H3. The molecule has 2 aromatic carbocycles. The predicted octanol–water partition coefficient (Wildman–Crippen LogP) is 6.16. The molecule has 0 aliphatic rings. The summed E-state index contributed by atoms with van der Waals surface area (Å²) in [5.41, 5.74) is 0.963. The van der Waals surface area contributed by atoms with Crippen LogP contribution in [0.4, 0.5) is 4.39 Å². The Hall–Kier alpha value is -2.11. The molecule has 0 N–H and O–H groups in total. The molecule has 0 aliphatic carbocycles. The monoisotopic (exact) mass is 407 g/mol. The lowest BCUT2D eigenvalue weighted by Gasteiger charge is -2.09. The first-order valence-electron chi connectivity index (χ1n) is 8.79. The highest BCUT2D eigenvalue weighted by molar-refractivity contribution is 6.33. The maximum absolute atomic E-state index is 14.2. The molecule has 142 valence electrons. The summed E-state index contributed by atoms with van der Waals surface area (Å²) in [4.78, 5) is 4.48. The van der Waals surface area contributed by atoms with Gasteiger partial charge in [-0.3, -0.25) is 0 Å². The second kappa shape index (κ2) is 8.72. The van der Waals surface area contributed by atoms with Gasteiger partial charge in [-0.05, 0) is 36.8 Å². The number of hydrogen-bond donors (Lipinski definition) is 0. The Kier molecular flexibility index (Phi) is 6.34. The minimum Gasteiger partial charge on any atom is -0.492 e. The van der Waals surface area contributed by atoms with Gasteiger partial charge in [0.05, 0.1) is 22.2 Å². The van der Waals surface area contributed by atoms with E-state index in [4.69, 9.17) is 27.9 Å². The number of nitrogens with zero attached hydrogens (tertiary/aromatic N) is 3. The summed E-state index contributed by atoms with van der Waals surface area (Å²) >= 11 is 12.4. The van der Waals surface area contributed by atoms with E-state index in [2.05, 4.69) is 17.0 Å². The predicted molar refractivity (Wildman–Crippen MR) is 107 cm³/mol. The van der Waals surface area contributed by atoms with Gasteiger partial charge in [-0.25, -0.2) is 14.1 Å². The lowest BCUT2D eigenvalue weighted by Crippen LogP contribution is -1.99. The third-order valence-electron chi connectivity index (χ3n) is 4.14. The molecule has 3 rings (SSSR count). The van der Waals surface area contributed by atoms with Crippen LogP contribution in [0.15, 0.2) is 36.4 Å². The molecule has 7 heteroatoms. The molecule has 1 aromatic heterocycles. The molecule has 0 saturated heterocycles. The first-order chi connectivity index (χ1) is 13.0. The molecule has 0 unspecified atom stereocenters. The fourth-order valence-corrected chi connectivity index (χ4v) is 3.16. The van der Waals surface area contributed by atoms with Crippen molar-refractivity contribution in [2.24, 2.45) is 7.05 Å². The summed E-state index contributed by atoms with van der Waals surface area (Å²) in [6.45, 7) is 2.74. The first kappa shape index (κ1) is 19.6. The fraction of sp³-hybridized carbons (Fsp3) is 0.300. The van der Waals surface area contributed by atoms with E-state index >= 15 is 0 Å². The molecule has 0 radical (unpaired) electrons. The van der Waals surface area contributed by atoms with Gasteiger partial charge in [0.25, 0.3) is 0 Å². The average molecular weight is 408 g/mol. The molecule has 0 aliphatic heterocycles. The van der Waals surface area contributed by atoms with Gasteiger partial charge in [-0.1, -0.05) is 49.0 Å². The molecular weight excluding hydrogens is 388 g/mol. The van der Waals surface area contributed by atoms with Crippen LogP contribution >= 0.6 is 23.2 Å². The van der Waals surface area contributed by atoms with Crippen molar-refractivity contribution in [1.29, 1.82) is 0 Å². The normalized spacial score (nSPS) is 11.0. The topological polar surface area (TPSA) is 39.9 Å². The number of unbranched alkanes of at least 4 members (excludes halogenated alkanes) is 2. The number of aryl methyl sites for hydroxylation is 1. The van der Waals surface area contributed by atoms with E-state index in [1.807, 2.05) is 12.1 Å². The molecule has 0 atom stereocenters. The second-order valence-corrected chi connectivity index (χ2v) is 6.99. The molecule has 0 bridgehead atoms. The molecule has 27 heavy (non-hydrogen) atoms. The molecule has 4 nitrogen and oxygen atoms in total. The van der Waals surface area contributed by atoms with Crippen LogP contribution < -0.4 is 4.74 Å². The van der Waals surface area contributed by atoms with E-state index in [0.29, 0.717) is 23.2 Å². The minimum atomic E-state index is -0.462. The molecule has 0 saturated carbocycles. The van der Waals surface area contributed by atoms with Crippen molar-refractivity contribution in [3.8, 4) is 28.5 Å². The van der Waals surface area contributed by atoms with E-state index in [1.54, 1.807) is 29.9 Å². The Morgan fingerprint density at radius 2 is 1.93 bits per heavy atom. The van der Waals surface area contributed by atoms with Gasteiger partial charge in [0, 0.05) is 12.6 Å². The zero-order valence-electron chi connectivity index (χ0n) is 15.2. The van der Waals surface area contributed by atoms with Crippen LogP contribution in [-0.2, 0) is 7.05 Å². The van der Waals surface area contributed by atoms with Crippen molar-refractivity contribution in [3.05, 3.63) is 52.3 Å². The summed E-state index contributed by atoms with van der Waals surface area (Å²) in [6, 6.07) is 9.91. The first-order valence-corrected chi connectivity index (χ1v) is 9.55. The van der Waals surface area contributed by atoms with Gasteiger partial charge in [0.2, 0.25) is 0 Å². The summed E-state index contributed by atoms with van der Waals surface area (Å²) in [5, 5.41) is 5.13. The van der Waals surface area contributed by atoms with Crippen LogP contribution in [0, 0.1) is 5.82 Å². The van der Waals surface area contributed by atoms with Gasteiger partial charge >= 0.3 is 0 Å². The minimum absolute atomic E-state index is 0.186. The Bertz CT molecular complexity index is 923. The van der Waals surface area contributed by atoms with Crippen molar-refractivity contribution in [2.45, 2.75) is 26.2 Å². The smallest absolute Gasteiger partial charge is 0.186 e. The highest BCUT2D eigenvalue weighted by atomic mass is 35.5. The maximum Gasteiger partial charge on any atom is 0.186 e. The van der Waals surface area contributed by atoms with Gasteiger partial charge in [0.1, 0.15) is 11.6 Å². The van der Waals surface area contributed by atoms with Crippen molar-refractivity contribution >= 4 is 23.2 Å². The summed E-state index contributed by atoms with van der Waals surface area (Å²) in [7, 11) is 1.75. The molecular formula is C20H20Cl2FN3O. The zero-order valence-corrected chi connectivity index (χ0v) is 16.7. The Balaban J connectivity index is 1.92. The van der Waals surface area contributed by atoms with E-state index in [9.17, 15) is 4.39 Å². The molecule has 3 aromatic rings. The number of ether oxygens (including phenoxy) is 1. The van der Waals surface area contributed by atoms with Crippen LogP contribution in [0.25, 0.3) is 22.8 Å². The average Bonchev–Trinajstić information content (AvgIpc) is 3.01. The summed E-state index contributed by atoms with van der Waals surface area (Å²) in [5.74, 6) is 0.935. The van der Waals surface area contributed by atoms with Crippen molar-refractivity contribution in [3.63, 3.8) is 0 Å². The quantitative estimate of drug-likeness (QED) is 0.440. The lowest BCUT2D eigenvalue weighted by molar-refractivity contribution is 0.306. The van der Waals surface area contributed by atoms with E-state index in [-0.39, 0.29) is 16.4 Å². The maximum atomic E-state index is 14.2. The van der Waals surface area contributed by atoms with Crippen LogP contribution in [0.1, 0.15) is 26.2 Å². The number of benzene rings is 2. The molecule has 1 heterocycles. The Labute approximate surface area is 167 Å². The Morgan fingerprint density at radius 3 is 2.67 bits per heavy atom. The number of rotatable bonds is 7. The Morgan fingerprint density at radius 1 is 1.11 bits per heavy atom. The SMILES string of the molecule is CCCCCOc1cc(-c2nc(-c3c(F)cccc3Cl)nn2C)ccc1Cl. The third-order valence-corrected chi connectivity index (χ3v) is 4.77. The molecule has 0 fully saturated rings. The van der Waals surface area contributed by atoms with Crippen LogP contribution in [0.3, 0.4) is 0 Å². The van der Waals surface area contributed by atoms with Crippen LogP contribution in [0.2, 0.25) is 10.0 Å². The van der Waals surface area contributed by atoms with Gasteiger partial charge in [0.15, 0.2) is 11.6 Å². The summed E-state index contributed by atoms with van der Waals surface area (Å²) < 4.78 is 21.6. The van der Waals surface area contributed by atoms with E-state index in [1.165, 1.54) is 6.07 Å². The third kappa shape index (κ3) is 4.42. The van der Waals surface area contributed by atoms with E-state index < -0.39 is 5.82 Å². The fourth-order valence-electron chi connectivity index (χ4n) is 2.74. The number of hydrogen-bond acceptors (Lipinski definition) is 3. The van der Waals surface area contributed by atoms with Crippen molar-refractivity contribution in [2.75, 3.05) is 6.61 Å².